The Balaban J connectivity index is 2.16. The van der Waals surface area contributed by atoms with Crippen molar-refractivity contribution in [2.75, 3.05) is 7.11 Å². The van der Waals surface area contributed by atoms with Gasteiger partial charge in [0.25, 0.3) is 5.91 Å². The first-order valence-corrected chi connectivity index (χ1v) is 6.88. The van der Waals surface area contributed by atoms with Gasteiger partial charge in [0.1, 0.15) is 5.69 Å². The molecule has 2 N–H and O–H groups in total. The molecule has 1 unspecified atom stereocenters. The zero-order valence-electron chi connectivity index (χ0n) is 12.7. The van der Waals surface area contributed by atoms with Crippen LogP contribution in [0.25, 0.3) is 10.9 Å². The molecule has 0 aliphatic heterocycles. The maximum atomic E-state index is 12.2. The summed E-state index contributed by atoms with van der Waals surface area (Å²) in [6, 6.07) is 5.65. The summed E-state index contributed by atoms with van der Waals surface area (Å²) < 4.78 is 4.59. The lowest BCUT2D eigenvalue weighted by molar-refractivity contribution is -0.141. The van der Waals surface area contributed by atoms with Crippen LogP contribution in [0.2, 0.25) is 0 Å². The van der Waals surface area contributed by atoms with E-state index in [-0.39, 0.29) is 24.3 Å². The van der Waals surface area contributed by atoms with Gasteiger partial charge in [0.05, 0.1) is 13.5 Å². The topological polar surface area (TPSA) is 71.2 Å². The van der Waals surface area contributed by atoms with E-state index in [0.717, 1.165) is 22.0 Å². The summed E-state index contributed by atoms with van der Waals surface area (Å²) in [7, 11) is 1.33. The van der Waals surface area contributed by atoms with E-state index < -0.39 is 0 Å². The van der Waals surface area contributed by atoms with E-state index in [4.69, 9.17) is 0 Å². The molecule has 2 rings (SSSR count). The van der Waals surface area contributed by atoms with Crippen LogP contribution in [0.15, 0.2) is 18.2 Å². The van der Waals surface area contributed by atoms with Crippen LogP contribution in [0.3, 0.4) is 0 Å². The molecule has 0 aliphatic carbocycles. The maximum absolute atomic E-state index is 12.2. The molecule has 5 heteroatoms. The molecule has 0 radical (unpaired) electrons. The van der Waals surface area contributed by atoms with Crippen LogP contribution >= 0.6 is 0 Å². The van der Waals surface area contributed by atoms with Crippen molar-refractivity contribution in [3.63, 3.8) is 0 Å². The van der Waals surface area contributed by atoms with Gasteiger partial charge in [-0.3, -0.25) is 9.59 Å². The smallest absolute Gasteiger partial charge is 0.307 e. The molecule has 0 saturated heterocycles. The quantitative estimate of drug-likeness (QED) is 0.849. The van der Waals surface area contributed by atoms with E-state index in [0.29, 0.717) is 5.69 Å². The van der Waals surface area contributed by atoms with Crippen molar-refractivity contribution in [2.24, 2.45) is 0 Å². The highest BCUT2D eigenvalue weighted by atomic mass is 16.5. The fraction of sp³-hybridized carbons (Fsp3) is 0.375. The lowest BCUT2D eigenvalue weighted by Crippen LogP contribution is -2.34. The average molecular weight is 288 g/mol. The van der Waals surface area contributed by atoms with Gasteiger partial charge in [0, 0.05) is 16.9 Å². The van der Waals surface area contributed by atoms with Crippen molar-refractivity contribution in [1.82, 2.24) is 10.3 Å². The van der Waals surface area contributed by atoms with Gasteiger partial charge in [0.15, 0.2) is 0 Å². The number of hydrogen-bond acceptors (Lipinski definition) is 3. The predicted molar refractivity (Wildman–Crippen MR) is 81.3 cm³/mol. The number of carbonyl (C=O) groups is 2. The van der Waals surface area contributed by atoms with Crippen LogP contribution < -0.4 is 5.32 Å². The van der Waals surface area contributed by atoms with Crippen LogP contribution in [-0.4, -0.2) is 30.0 Å². The molecule has 2 aromatic rings. The highest BCUT2D eigenvalue weighted by Crippen LogP contribution is 2.21. The van der Waals surface area contributed by atoms with Crippen LogP contribution in [0.4, 0.5) is 0 Å². The number of nitrogens with one attached hydrogen (secondary N) is 2. The second-order valence-electron chi connectivity index (χ2n) is 5.38. The van der Waals surface area contributed by atoms with Gasteiger partial charge in [0.2, 0.25) is 0 Å². The summed E-state index contributed by atoms with van der Waals surface area (Å²) in [5.41, 5.74) is 3.71. The minimum atomic E-state index is -0.342. The predicted octanol–water partition coefficient (Wildman–Crippen LogP) is 2.47. The molecule has 0 fully saturated rings. The van der Waals surface area contributed by atoms with E-state index in [1.165, 1.54) is 7.11 Å². The van der Waals surface area contributed by atoms with Gasteiger partial charge in [-0.15, -0.1) is 0 Å². The molecule has 1 aromatic heterocycles. The van der Waals surface area contributed by atoms with E-state index in [1.54, 1.807) is 6.92 Å². The standard InChI is InChI=1S/C16H20N2O3/c1-9-5-10(2)12-8-14(18-13(12)6-9)16(20)17-11(3)7-15(19)21-4/h5-6,8,11,18H,7H2,1-4H3,(H,17,20). The largest absolute Gasteiger partial charge is 0.469 e. The SMILES string of the molecule is COC(=O)CC(C)NC(=O)c1cc2c(C)cc(C)cc2[nH]1. The minimum Gasteiger partial charge on any atom is -0.469 e. The summed E-state index contributed by atoms with van der Waals surface area (Å²) in [6.45, 7) is 5.81. The van der Waals surface area contributed by atoms with E-state index in [2.05, 4.69) is 21.1 Å². The lowest BCUT2D eigenvalue weighted by atomic mass is 10.1. The highest BCUT2D eigenvalue weighted by Gasteiger charge is 2.15. The molecule has 112 valence electrons. The van der Waals surface area contributed by atoms with Crippen molar-refractivity contribution in [1.29, 1.82) is 0 Å². The third-order valence-electron chi connectivity index (χ3n) is 3.41. The summed E-state index contributed by atoms with van der Waals surface area (Å²) in [4.78, 5) is 26.5. The molecule has 0 aliphatic rings. The van der Waals surface area contributed by atoms with Crippen molar-refractivity contribution in [2.45, 2.75) is 33.2 Å². The molecular formula is C16H20N2O3. The Labute approximate surface area is 123 Å². The second kappa shape index (κ2) is 5.99. The van der Waals surface area contributed by atoms with E-state index in [1.807, 2.05) is 26.0 Å². The number of benzene rings is 1. The number of amides is 1. The van der Waals surface area contributed by atoms with Crippen LogP contribution in [0.1, 0.15) is 35.0 Å². The maximum Gasteiger partial charge on any atom is 0.307 e. The molecule has 21 heavy (non-hydrogen) atoms. The Kier molecular flexibility index (Phi) is 4.31. The Hall–Kier alpha value is -2.30. The first-order chi connectivity index (χ1) is 9.90. The molecule has 5 nitrogen and oxygen atoms in total. The Bertz CT molecular complexity index is 688. The number of H-pyrrole nitrogens is 1. The zero-order valence-corrected chi connectivity index (χ0v) is 12.7. The van der Waals surface area contributed by atoms with Gasteiger partial charge in [-0.1, -0.05) is 6.07 Å². The first-order valence-electron chi connectivity index (χ1n) is 6.88. The molecule has 1 aromatic carbocycles. The zero-order chi connectivity index (χ0) is 15.6. The molecule has 1 amide bonds. The molecule has 1 heterocycles. The summed E-state index contributed by atoms with van der Waals surface area (Å²) >= 11 is 0. The number of fused-ring (bicyclic) bond motifs is 1. The molecule has 1 atom stereocenters. The monoisotopic (exact) mass is 288 g/mol. The Morgan fingerprint density at radius 3 is 2.67 bits per heavy atom. The number of aromatic amines is 1. The number of rotatable bonds is 4. The molecule has 0 bridgehead atoms. The van der Waals surface area contributed by atoms with Crippen molar-refractivity contribution < 1.29 is 14.3 Å². The first kappa shape index (κ1) is 15.1. The third-order valence-corrected chi connectivity index (χ3v) is 3.41. The Morgan fingerprint density at radius 1 is 1.29 bits per heavy atom. The van der Waals surface area contributed by atoms with Gasteiger partial charge in [-0.25, -0.2) is 0 Å². The van der Waals surface area contributed by atoms with Gasteiger partial charge >= 0.3 is 5.97 Å². The van der Waals surface area contributed by atoms with Crippen molar-refractivity contribution in [3.8, 4) is 0 Å². The van der Waals surface area contributed by atoms with Crippen molar-refractivity contribution >= 4 is 22.8 Å². The number of hydrogen-bond donors (Lipinski definition) is 2. The van der Waals surface area contributed by atoms with Crippen LogP contribution in [0, 0.1) is 13.8 Å². The molecule has 0 saturated carbocycles. The third kappa shape index (κ3) is 3.42. The second-order valence-corrected chi connectivity index (χ2v) is 5.38. The van der Waals surface area contributed by atoms with Gasteiger partial charge in [-0.2, -0.15) is 0 Å². The van der Waals surface area contributed by atoms with Gasteiger partial charge in [-0.05, 0) is 44.0 Å². The fourth-order valence-electron chi connectivity index (χ4n) is 2.41. The Morgan fingerprint density at radius 2 is 2.00 bits per heavy atom. The number of ether oxygens (including phenoxy) is 1. The van der Waals surface area contributed by atoms with Gasteiger partial charge < -0.3 is 15.0 Å². The molecular weight excluding hydrogens is 268 g/mol. The van der Waals surface area contributed by atoms with Crippen LogP contribution in [-0.2, 0) is 9.53 Å². The summed E-state index contributed by atoms with van der Waals surface area (Å²) in [5.74, 6) is -0.564. The normalized spacial score (nSPS) is 12.2. The number of esters is 1. The fourth-order valence-corrected chi connectivity index (χ4v) is 2.41. The number of carbonyl (C=O) groups excluding carboxylic acids is 2. The summed E-state index contributed by atoms with van der Waals surface area (Å²) in [6.07, 6.45) is 0.153. The number of aromatic nitrogens is 1. The lowest BCUT2D eigenvalue weighted by Gasteiger charge is -2.11. The number of aryl methyl sites for hydroxylation is 2. The average Bonchev–Trinajstić information content (AvgIpc) is 2.82. The highest BCUT2D eigenvalue weighted by molar-refractivity contribution is 5.99. The summed E-state index contributed by atoms with van der Waals surface area (Å²) in [5, 5.41) is 3.82. The number of methoxy groups -OCH3 is 1. The minimum absolute atomic E-state index is 0.153. The van der Waals surface area contributed by atoms with E-state index >= 15 is 0 Å². The van der Waals surface area contributed by atoms with Crippen molar-refractivity contribution in [3.05, 3.63) is 35.0 Å². The van der Waals surface area contributed by atoms with E-state index in [9.17, 15) is 9.59 Å². The van der Waals surface area contributed by atoms with Crippen LogP contribution in [0.5, 0.6) is 0 Å². The molecule has 0 spiro atoms.